The molecule has 3 fully saturated rings. The third-order valence-electron chi connectivity index (χ3n) is 7.28. The number of benzene rings is 1. The van der Waals surface area contributed by atoms with E-state index in [1.807, 2.05) is 12.1 Å². The standard InChI is InChI=1S/C26H40N2O2/c1-29-25-12-10-22(11-13-25)6-4-16-27(21-26-9-5-19-30-26)20-23-14-17-28(18-15-23)24-7-2-3-8-24/h4,6,10-13,23-24,26H,2-3,5,7-9,14-21H2,1H3/b6-4+/t26-/m0/s1. The van der Waals surface area contributed by atoms with Gasteiger partial charge in [-0.3, -0.25) is 4.90 Å². The van der Waals surface area contributed by atoms with E-state index in [2.05, 4.69) is 34.1 Å². The number of methoxy groups -OCH3 is 1. The molecule has 0 bridgehead atoms. The van der Waals surface area contributed by atoms with Gasteiger partial charge in [-0.1, -0.05) is 37.1 Å². The van der Waals surface area contributed by atoms with Crippen molar-refractivity contribution in [3.05, 3.63) is 35.9 Å². The molecular weight excluding hydrogens is 372 g/mol. The predicted molar refractivity (Wildman–Crippen MR) is 124 cm³/mol. The number of ether oxygens (including phenoxy) is 2. The van der Waals surface area contributed by atoms with E-state index in [-0.39, 0.29) is 0 Å². The molecule has 0 N–H and O–H groups in total. The molecular formula is C26H40N2O2. The van der Waals surface area contributed by atoms with Crippen molar-refractivity contribution >= 4 is 6.08 Å². The third-order valence-corrected chi connectivity index (χ3v) is 7.28. The van der Waals surface area contributed by atoms with Crippen molar-refractivity contribution in [2.24, 2.45) is 5.92 Å². The molecule has 0 radical (unpaired) electrons. The van der Waals surface area contributed by atoms with E-state index in [0.717, 1.165) is 37.4 Å². The number of likely N-dealkylation sites (tertiary alicyclic amines) is 1. The van der Waals surface area contributed by atoms with Crippen LogP contribution in [0.1, 0.15) is 56.9 Å². The van der Waals surface area contributed by atoms with Crippen LogP contribution >= 0.6 is 0 Å². The van der Waals surface area contributed by atoms with Gasteiger partial charge in [0.25, 0.3) is 0 Å². The molecule has 30 heavy (non-hydrogen) atoms. The lowest BCUT2D eigenvalue weighted by Gasteiger charge is -2.38. The van der Waals surface area contributed by atoms with Gasteiger partial charge in [0.1, 0.15) is 5.75 Å². The summed E-state index contributed by atoms with van der Waals surface area (Å²) >= 11 is 0. The van der Waals surface area contributed by atoms with Crippen molar-refractivity contribution in [3.63, 3.8) is 0 Å². The maximum absolute atomic E-state index is 5.96. The minimum Gasteiger partial charge on any atom is -0.497 e. The molecule has 2 heterocycles. The number of nitrogens with zero attached hydrogens (tertiary/aromatic N) is 2. The quantitative estimate of drug-likeness (QED) is 0.579. The largest absolute Gasteiger partial charge is 0.497 e. The fourth-order valence-corrected chi connectivity index (χ4v) is 5.49. The maximum atomic E-state index is 5.96. The topological polar surface area (TPSA) is 24.9 Å². The molecule has 4 heteroatoms. The molecule has 1 aliphatic carbocycles. The fraction of sp³-hybridized carbons (Fsp3) is 0.692. The highest BCUT2D eigenvalue weighted by molar-refractivity contribution is 5.50. The summed E-state index contributed by atoms with van der Waals surface area (Å²) in [6.07, 6.45) is 15.9. The lowest BCUT2D eigenvalue weighted by atomic mass is 9.94. The molecule has 0 amide bonds. The highest BCUT2D eigenvalue weighted by Gasteiger charge is 2.28. The predicted octanol–water partition coefficient (Wildman–Crippen LogP) is 4.84. The first kappa shape index (κ1) is 21.9. The molecule has 0 spiro atoms. The first-order chi connectivity index (χ1) is 14.8. The van der Waals surface area contributed by atoms with Crippen LogP contribution in [0, 0.1) is 5.92 Å². The van der Waals surface area contributed by atoms with Crippen LogP contribution in [0.4, 0.5) is 0 Å². The average molecular weight is 413 g/mol. The second-order valence-corrected chi connectivity index (χ2v) is 9.45. The van der Waals surface area contributed by atoms with Crippen LogP contribution in [-0.4, -0.2) is 68.4 Å². The zero-order chi connectivity index (χ0) is 20.6. The van der Waals surface area contributed by atoms with Crippen LogP contribution in [0.2, 0.25) is 0 Å². The molecule has 4 rings (SSSR count). The molecule has 1 aromatic carbocycles. The number of rotatable bonds is 9. The van der Waals surface area contributed by atoms with Gasteiger partial charge in [-0.2, -0.15) is 0 Å². The van der Waals surface area contributed by atoms with E-state index in [1.165, 1.54) is 76.6 Å². The summed E-state index contributed by atoms with van der Waals surface area (Å²) in [6.45, 7) is 6.87. The van der Waals surface area contributed by atoms with Crippen LogP contribution in [-0.2, 0) is 4.74 Å². The van der Waals surface area contributed by atoms with Crippen molar-refractivity contribution < 1.29 is 9.47 Å². The fourth-order valence-electron chi connectivity index (χ4n) is 5.49. The van der Waals surface area contributed by atoms with Crippen molar-refractivity contribution in [2.75, 3.05) is 46.4 Å². The number of hydrogen-bond acceptors (Lipinski definition) is 4. The van der Waals surface area contributed by atoms with Gasteiger partial charge in [0.05, 0.1) is 13.2 Å². The number of piperidine rings is 1. The summed E-state index contributed by atoms with van der Waals surface area (Å²) < 4.78 is 11.2. The first-order valence-electron chi connectivity index (χ1n) is 12.2. The second-order valence-electron chi connectivity index (χ2n) is 9.45. The molecule has 1 atom stereocenters. The zero-order valence-corrected chi connectivity index (χ0v) is 18.8. The van der Waals surface area contributed by atoms with Gasteiger partial charge in [0, 0.05) is 32.3 Å². The highest BCUT2D eigenvalue weighted by atomic mass is 16.5. The van der Waals surface area contributed by atoms with Gasteiger partial charge in [0.2, 0.25) is 0 Å². The Labute approximate surface area is 183 Å². The van der Waals surface area contributed by atoms with E-state index in [1.54, 1.807) is 7.11 Å². The lowest BCUT2D eigenvalue weighted by Crippen LogP contribution is -2.43. The van der Waals surface area contributed by atoms with Crippen molar-refractivity contribution in [1.82, 2.24) is 9.80 Å². The van der Waals surface area contributed by atoms with Crippen LogP contribution in [0.3, 0.4) is 0 Å². The van der Waals surface area contributed by atoms with E-state index in [4.69, 9.17) is 9.47 Å². The van der Waals surface area contributed by atoms with Crippen molar-refractivity contribution in [3.8, 4) is 5.75 Å². The van der Waals surface area contributed by atoms with Crippen LogP contribution in [0.5, 0.6) is 5.75 Å². The van der Waals surface area contributed by atoms with E-state index < -0.39 is 0 Å². The summed E-state index contributed by atoms with van der Waals surface area (Å²) in [5.74, 6) is 1.74. The molecule has 1 aromatic rings. The minimum absolute atomic E-state index is 0.429. The van der Waals surface area contributed by atoms with Gasteiger partial charge in [-0.25, -0.2) is 0 Å². The lowest BCUT2D eigenvalue weighted by molar-refractivity contribution is 0.0614. The zero-order valence-electron chi connectivity index (χ0n) is 18.8. The Kier molecular flexibility index (Phi) is 8.24. The normalized spacial score (nSPS) is 24.4. The van der Waals surface area contributed by atoms with Crippen LogP contribution < -0.4 is 4.74 Å². The van der Waals surface area contributed by atoms with Gasteiger partial charge >= 0.3 is 0 Å². The minimum atomic E-state index is 0.429. The van der Waals surface area contributed by atoms with Gasteiger partial charge in [0.15, 0.2) is 0 Å². The Bertz CT molecular complexity index is 640. The second kappa shape index (κ2) is 11.3. The Morgan fingerprint density at radius 1 is 1.00 bits per heavy atom. The maximum Gasteiger partial charge on any atom is 0.118 e. The molecule has 0 unspecified atom stereocenters. The summed E-state index contributed by atoms with van der Waals surface area (Å²) in [5.41, 5.74) is 1.23. The third kappa shape index (κ3) is 6.32. The van der Waals surface area contributed by atoms with Crippen molar-refractivity contribution in [1.29, 1.82) is 0 Å². The molecule has 4 nitrogen and oxygen atoms in total. The summed E-state index contributed by atoms with van der Waals surface area (Å²) in [6, 6.07) is 9.20. The van der Waals surface area contributed by atoms with Crippen LogP contribution in [0.25, 0.3) is 6.08 Å². The summed E-state index contributed by atoms with van der Waals surface area (Å²) in [5, 5.41) is 0. The van der Waals surface area contributed by atoms with Crippen molar-refractivity contribution in [2.45, 2.75) is 63.5 Å². The smallest absolute Gasteiger partial charge is 0.118 e. The Hall–Kier alpha value is -1.36. The van der Waals surface area contributed by atoms with Gasteiger partial charge in [-0.15, -0.1) is 0 Å². The van der Waals surface area contributed by atoms with Gasteiger partial charge < -0.3 is 14.4 Å². The SMILES string of the molecule is COc1ccc(/C=C/CN(CC2CCN(C3CCCC3)CC2)C[C@@H]2CCCO2)cc1. The highest BCUT2D eigenvalue weighted by Crippen LogP contribution is 2.28. The van der Waals surface area contributed by atoms with Crippen LogP contribution in [0.15, 0.2) is 30.3 Å². The molecule has 3 aliphatic rings. The average Bonchev–Trinajstić information content (AvgIpc) is 3.49. The molecule has 2 saturated heterocycles. The number of hydrogen-bond donors (Lipinski definition) is 0. The van der Waals surface area contributed by atoms with E-state index in [0.29, 0.717) is 6.10 Å². The Morgan fingerprint density at radius 3 is 2.43 bits per heavy atom. The molecule has 1 saturated carbocycles. The van der Waals surface area contributed by atoms with Gasteiger partial charge in [-0.05, 0) is 75.2 Å². The molecule has 2 aliphatic heterocycles. The van der Waals surface area contributed by atoms with E-state index in [9.17, 15) is 0 Å². The summed E-state index contributed by atoms with van der Waals surface area (Å²) in [7, 11) is 1.71. The molecule has 166 valence electrons. The Morgan fingerprint density at radius 2 is 1.77 bits per heavy atom. The first-order valence-corrected chi connectivity index (χ1v) is 12.2. The molecule has 0 aromatic heterocycles. The summed E-state index contributed by atoms with van der Waals surface area (Å²) in [4.78, 5) is 5.43. The monoisotopic (exact) mass is 412 g/mol. The Balaban J connectivity index is 1.28. The van der Waals surface area contributed by atoms with E-state index >= 15 is 0 Å².